The summed E-state index contributed by atoms with van der Waals surface area (Å²) in [4.78, 5) is 0. The van der Waals surface area contributed by atoms with Gasteiger partial charge in [-0.2, -0.15) is 5.10 Å². The van der Waals surface area contributed by atoms with E-state index in [4.69, 9.17) is 16.3 Å². The molecule has 102 valence electrons. The molecule has 3 aromatic rings. The number of hydrogen-bond acceptors (Lipinski definition) is 3. The molecule has 2 N–H and O–H groups in total. The highest BCUT2D eigenvalue weighted by Gasteiger charge is 2.07. The Hall–Kier alpha value is -2.20. The fraction of sp³-hybridized carbons (Fsp3) is 0.133. The molecule has 0 aliphatic carbocycles. The summed E-state index contributed by atoms with van der Waals surface area (Å²) in [7, 11) is 1.65. The van der Waals surface area contributed by atoms with Crippen LogP contribution in [0.15, 0.2) is 42.6 Å². The number of benzene rings is 2. The van der Waals surface area contributed by atoms with E-state index in [-0.39, 0.29) is 0 Å². The molecule has 0 spiro atoms. The van der Waals surface area contributed by atoms with Gasteiger partial charge in [0.15, 0.2) is 0 Å². The molecule has 1 aromatic heterocycles. The second-order valence-electron chi connectivity index (χ2n) is 4.45. The number of methoxy groups -OCH3 is 1. The van der Waals surface area contributed by atoms with Gasteiger partial charge in [0, 0.05) is 28.2 Å². The van der Waals surface area contributed by atoms with E-state index in [1.54, 1.807) is 13.3 Å². The number of hydrogen-bond donors (Lipinski definition) is 2. The summed E-state index contributed by atoms with van der Waals surface area (Å²) in [6.45, 7) is 0.603. The van der Waals surface area contributed by atoms with Crippen LogP contribution in [0.1, 0.15) is 5.56 Å². The van der Waals surface area contributed by atoms with Gasteiger partial charge in [0.1, 0.15) is 5.75 Å². The highest BCUT2D eigenvalue weighted by atomic mass is 35.5. The van der Waals surface area contributed by atoms with Gasteiger partial charge in [-0.05, 0) is 30.3 Å². The molecule has 0 fully saturated rings. The van der Waals surface area contributed by atoms with Crippen molar-refractivity contribution < 1.29 is 4.74 Å². The van der Waals surface area contributed by atoms with Crippen molar-refractivity contribution in [2.24, 2.45) is 0 Å². The minimum Gasteiger partial charge on any atom is -0.496 e. The molecule has 1 heterocycles. The summed E-state index contributed by atoms with van der Waals surface area (Å²) in [5, 5.41) is 12.1. The molecule has 0 atom stereocenters. The maximum absolute atomic E-state index is 6.22. The van der Waals surface area contributed by atoms with Gasteiger partial charge in [-0.25, -0.2) is 0 Å². The summed E-state index contributed by atoms with van der Waals surface area (Å²) in [5.74, 6) is 0.786. The van der Waals surface area contributed by atoms with Crippen molar-refractivity contribution in [2.75, 3.05) is 12.4 Å². The number of nitrogens with zero attached hydrogens (tertiary/aromatic N) is 1. The van der Waals surface area contributed by atoms with Crippen molar-refractivity contribution in [1.82, 2.24) is 10.2 Å². The number of fused-ring (bicyclic) bond motifs is 1. The van der Waals surface area contributed by atoms with E-state index < -0.39 is 0 Å². The molecule has 20 heavy (non-hydrogen) atoms. The van der Waals surface area contributed by atoms with Gasteiger partial charge < -0.3 is 10.1 Å². The van der Waals surface area contributed by atoms with Gasteiger partial charge in [-0.3, -0.25) is 5.10 Å². The van der Waals surface area contributed by atoms with Gasteiger partial charge in [0.25, 0.3) is 0 Å². The molecule has 3 rings (SSSR count). The Morgan fingerprint density at radius 2 is 2.20 bits per heavy atom. The van der Waals surface area contributed by atoms with Crippen LogP contribution in [0.4, 0.5) is 5.69 Å². The number of aromatic amines is 1. The van der Waals surface area contributed by atoms with Crippen LogP contribution in [0.2, 0.25) is 5.02 Å². The van der Waals surface area contributed by atoms with E-state index in [1.807, 2.05) is 36.4 Å². The van der Waals surface area contributed by atoms with Crippen LogP contribution in [-0.4, -0.2) is 17.3 Å². The van der Waals surface area contributed by atoms with Crippen LogP contribution < -0.4 is 10.1 Å². The van der Waals surface area contributed by atoms with Crippen molar-refractivity contribution in [3.63, 3.8) is 0 Å². The minimum absolute atomic E-state index is 0.603. The third-order valence-corrected chi connectivity index (χ3v) is 3.56. The summed E-state index contributed by atoms with van der Waals surface area (Å²) in [5.41, 5.74) is 2.98. The van der Waals surface area contributed by atoms with Crippen molar-refractivity contribution in [1.29, 1.82) is 0 Å². The molecule has 0 radical (unpaired) electrons. The van der Waals surface area contributed by atoms with E-state index in [9.17, 15) is 0 Å². The monoisotopic (exact) mass is 287 g/mol. The lowest BCUT2D eigenvalue weighted by atomic mass is 10.2. The predicted molar refractivity (Wildman–Crippen MR) is 81.4 cm³/mol. The van der Waals surface area contributed by atoms with Crippen LogP contribution in [-0.2, 0) is 6.54 Å². The summed E-state index contributed by atoms with van der Waals surface area (Å²) < 4.78 is 5.33. The Morgan fingerprint density at radius 3 is 3.05 bits per heavy atom. The first-order valence-corrected chi connectivity index (χ1v) is 6.64. The van der Waals surface area contributed by atoms with Crippen LogP contribution in [0.5, 0.6) is 5.75 Å². The number of H-pyrrole nitrogens is 1. The molecular formula is C15H14ClN3O. The van der Waals surface area contributed by atoms with Crippen molar-refractivity contribution in [3.8, 4) is 5.75 Å². The minimum atomic E-state index is 0.603. The largest absolute Gasteiger partial charge is 0.496 e. The molecule has 0 aliphatic rings. The van der Waals surface area contributed by atoms with E-state index in [0.717, 1.165) is 27.9 Å². The summed E-state index contributed by atoms with van der Waals surface area (Å²) >= 11 is 6.22. The predicted octanol–water partition coefficient (Wildman–Crippen LogP) is 3.84. The maximum Gasteiger partial charge on any atom is 0.125 e. The standard InChI is InChI=1S/C15H14ClN3O/c1-20-15-4-2-3-13(16)12(15)9-17-11-5-6-14-10(7-11)8-18-19-14/h2-8,17H,9H2,1H3,(H,18,19). The maximum atomic E-state index is 6.22. The van der Waals surface area contributed by atoms with Gasteiger partial charge in [-0.15, -0.1) is 0 Å². The second kappa shape index (κ2) is 5.43. The van der Waals surface area contributed by atoms with Crippen molar-refractivity contribution in [2.45, 2.75) is 6.54 Å². The highest BCUT2D eigenvalue weighted by Crippen LogP contribution is 2.27. The molecule has 2 aromatic carbocycles. The molecule has 0 aliphatic heterocycles. The molecular weight excluding hydrogens is 274 g/mol. The number of ether oxygens (including phenoxy) is 1. The first-order chi connectivity index (χ1) is 9.78. The Labute approximate surface area is 121 Å². The third-order valence-electron chi connectivity index (χ3n) is 3.21. The summed E-state index contributed by atoms with van der Waals surface area (Å²) in [6.07, 6.45) is 1.80. The fourth-order valence-corrected chi connectivity index (χ4v) is 2.38. The zero-order valence-electron chi connectivity index (χ0n) is 11.0. The van der Waals surface area contributed by atoms with E-state index in [2.05, 4.69) is 15.5 Å². The lowest BCUT2D eigenvalue weighted by Crippen LogP contribution is -2.02. The van der Waals surface area contributed by atoms with Crippen molar-refractivity contribution in [3.05, 3.63) is 53.2 Å². The van der Waals surface area contributed by atoms with E-state index >= 15 is 0 Å². The van der Waals surface area contributed by atoms with Crippen molar-refractivity contribution >= 4 is 28.2 Å². The summed E-state index contributed by atoms with van der Waals surface area (Å²) in [6, 6.07) is 11.7. The van der Waals surface area contributed by atoms with Gasteiger partial charge >= 0.3 is 0 Å². The normalized spacial score (nSPS) is 10.7. The fourth-order valence-electron chi connectivity index (χ4n) is 2.14. The van der Waals surface area contributed by atoms with E-state index in [0.29, 0.717) is 11.6 Å². The van der Waals surface area contributed by atoms with Gasteiger partial charge in [0.2, 0.25) is 0 Å². The zero-order valence-corrected chi connectivity index (χ0v) is 11.7. The first-order valence-electron chi connectivity index (χ1n) is 6.26. The van der Waals surface area contributed by atoms with Gasteiger partial charge in [-0.1, -0.05) is 17.7 Å². The smallest absolute Gasteiger partial charge is 0.125 e. The number of halogens is 1. The molecule has 0 bridgehead atoms. The lowest BCUT2D eigenvalue weighted by Gasteiger charge is -2.12. The lowest BCUT2D eigenvalue weighted by molar-refractivity contribution is 0.410. The molecule has 0 saturated heterocycles. The number of nitrogens with one attached hydrogen (secondary N) is 2. The third kappa shape index (κ3) is 2.42. The molecule has 0 amide bonds. The quantitative estimate of drug-likeness (QED) is 0.766. The van der Waals surface area contributed by atoms with Crippen LogP contribution >= 0.6 is 11.6 Å². The van der Waals surface area contributed by atoms with Crippen LogP contribution in [0.3, 0.4) is 0 Å². The topological polar surface area (TPSA) is 49.9 Å². The molecule has 0 saturated carbocycles. The molecule has 0 unspecified atom stereocenters. The molecule has 5 heteroatoms. The first kappa shape index (κ1) is 12.8. The number of anilines is 1. The SMILES string of the molecule is COc1cccc(Cl)c1CNc1ccc2[nH]ncc2c1. The Morgan fingerprint density at radius 1 is 1.30 bits per heavy atom. The average molecular weight is 288 g/mol. The Kier molecular flexibility index (Phi) is 3.48. The average Bonchev–Trinajstić information content (AvgIpc) is 2.93. The van der Waals surface area contributed by atoms with Crippen LogP contribution in [0, 0.1) is 0 Å². The highest BCUT2D eigenvalue weighted by molar-refractivity contribution is 6.31. The van der Waals surface area contributed by atoms with Crippen LogP contribution in [0.25, 0.3) is 10.9 Å². The number of rotatable bonds is 4. The second-order valence-corrected chi connectivity index (χ2v) is 4.85. The Balaban J connectivity index is 1.82. The number of aromatic nitrogens is 2. The van der Waals surface area contributed by atoms with Gasteiger partial charge in [0.05, 0.1) is 18.8 Å². The molecule has 4 nitrogen and oxygen atoms in total. The zero-order chi connectivity index (χ0) is 13.9. The Bertz CT molecular complexity index is 739. The van der Waals surface area contributed by atoms with E-state index in [1.165, 1.54) is 0 Å².